The SMILES string of the molecule is O=C(Nc1ccc(C(=O)[O-])cc1)/C(=C\c1cccc(Br)c1)NC(=O)c1ccccc1. The molecule has 0 fully saturated rings. The summed E-state index contributed by atoms with van der Waals surface area (Å²) in [4.78, 5) is 36.3. The molecule has 6 nitrogen and oxygen atoms in total. The molecule has 0 spiro atoms. The predicted molar refractivity (Wildman–Crippen MR) is 115 cm³/mol. The van der Waals surface area contributed by atoms with E-state index in [-0.39, 0.29) is 11.3 Å². The van der Waals surface area contributed by atoms with Gasteiger partial charge in [-0.25, -0.2) is 0 Å². The maximum Gasteiger partial charge on any atom is 0.272 e. The summed E-state index contributed by atoms with van der Waals surface area (Å²) < 4.78 is 0.822. The van der Waals surface area contributed by atoms with E-state index in [1.165, 1.54) is 24.3 Å². The number of carbonyl (C=O) groups excluding carboxylic acids is 3. The summed E-state index contributed by atoms with van der Waals surface area (Å²) in [5, 5.41) is 16.2. The molecule has 0 atom stereocenters. The lowest BCUT2D eigenvalue weighted by molar-refractivity contribution is -0.255. The van der Waals surface area contributed by atoms with Crippen LogP contribution in [0.15, 0.2) is 89.0 Å². The molecule has 3 rings (SSSR count). The smallest absolute Gasteiger partial charge is 0.272 e. The van der Waals surface area contributed by atoms with Crippen LogP contribution in [0.4, 0.5) is 5.69 Å². The van der Waals surface area contributed by atoms with E-state index in [0.29, 0.717) is 16.8 Å². The molecule has 2 amide bonds. The molecule has 3 aromatic carbocycles. The van der Waals surface area contributed by atoms with Crippen LogP contribution in [0, 0.1) is 0 Å². The summed E-state index contributed by atoms with van der Waals surface area (Å²) in [5.74, 6) is -2.29. The van der Waals surface area contributed by atoms with Gasteiger partial charge in [0.15, 0.2) is 0 Å². The molecule has 0 unspecified atom stereocenters. The van der Waals surface area contributed by atoms with Crippen LogP contribution in [-0.2, 0) is 4.79 Å². The van der Waals surface area contributed by atoms with Gasteiger partial charge in [0.25, 0.3) is 11.8 Å². The number of nitrogens with one attached hydrogen (secondary N) is 2. The van der Waals surface area contributed by atoms with Gasteiger partial charge < -0.3 is 20.5 Å². The summed E-state index contributed by atoms with van der Waals surface area (Å²) in [6.07, 6.45) is 1.55. The number of carboxylic acid groups (broad SMARTS) is 1. The lowest BCUT2D eigenvalue weighted by Crippen LogP contribution is -2.30. The largest absolute Gasteiger partial charge is 0.545 e. The Balaban J connectivity index is 1.86. The van der Waals surface area contributed by atoms with Crippen molar-refractivity contribution in [2.75, 3.05) is 5.32 Å². The second-order valence-corrected chi connectivity index (χ2v) is 7.17. The summed E-state index contributed by atoms with van der Waals surface area (Å²) in [6.45, 7) is 0. The van der Waals surface area contributed by atoms with E-state index in [1.807, 2.05) is 12.1 Å². The summed E-state index contributed by atoms with van der Waals surface area (Å²) in [6, 6.07) is 21.3. The number of amides is 2. The van der Waals surface area contributed by atoms with Gasteiger partial charge in [-0.15, -0.1) is 0 Å². The first-order valence-corrected chi connectivity index (χ1v) is 9.68. The first-order chi connectivity index (χ1) is 14.4. The third-order valence-corrected chi connectivity index (χ3v) is 4.56. The molecule has 0 saturated heterocycles. The van der Waals surface area contributed by atoms with Crippen molar-refractivity contribution in [1.29, 1.82) is 0 Å². The topological polar surface area (TPSA) is 98.3 Å². The van der Waals surface area contributed by atoms with Crippen molar-refractivity contribution in [2.24, 2.45) is 0 Å². The molecule has 0 saturated carbocycles. The minimum atomic E-state index is -1.31. The highest BCUT2D eigenvalue weighted by Crippen LogP contribution is 2.16. The Labute approximate surface area is 181 Å². The Kier molecular flexibility index (Phi) is 6.77. The first kappa shape index (κ1) is 21.0. The standard InChI is InChI=1S/C23H17BrN2O4/c24-18-8-4-5-15(13-18)14-20(26-21(27)16-6-2-1-3-7-16)22(28)25-19-11-9-17(10-12-19)23(29)30/h1-14H,(H,25,28)(H,26,27)(H,29,30)/p-1/b20-14+. The second-order valence-electron chi connectivity index (χ2n) is 6.25. The van der Waals surface area contributed by atoms with Gasteiger partial charge in [-0.2, -0.15) is 0 Å². The molecule has 0 heterocycles. The van der Waals surface area contributed by atoms with Gasteiger partial charge in [0.1, 0.15) is 5.70 Å². The Bertz CT molecular complexity index is 1110. The van der Waals surface area contributed by atoms with Gasteiger partial charge in [0, 0.05) is 15.7 Å². The third kappa shape index (κ3) is 5.65. The molecule has 30 heavy (non-hydrogen) atoms. The average molecular weight is 464 g/mol. The molecular formula is C23H16BrN2O4-. The van der Waals surface area contributed by atoms with E-state index in [9.17, 15) is 19.5 Å². The Hall–Kier alpha value is -3.71. The maximum absolute atomic E-state index is 12.9. The normalized spacial score (nSPS) is 10.9. The zero-order valence-corrected chi connectivity index (χ0v) is 17.2. The number of benzene rings is 3. The Morgan fingerprint density at radius 1 is 0.833 bits per heavy atom. The third-order valence-electron chi connectivity index (χ3n) is 4.07. The molecule has 2 N–H and O–H groups in total. The van der Waals surface area contributed by atoms with Gasteiger partial charge >= 0.3 is 0 Å². The fourth-order valence-corrected chi connectivity index (χ4v) is 3.01. The molecule has 150 valence electrons. The van der Waals surface area contributed by atoms with Crippen molar-refractivity contribution in [3.8, 4) is 0 Å². The van der Waals surface area contributed by atoms with Crippen molar-refractivity contribution >= 4 is 45.5 Å². The van der Waals surface area contributed by atoms with Crippen molar-refractivity contribution in [3.05, 3.63) is 106 Å². The number of hydrogen-bond acceptors (Lipinski definition) is 4. The summed E-state index contributed by atoms with van der Waals surface area (Å²) >= 11 is 3.38. The first-order valence-electron chi connectivity index (χ1n) is 8.89. The van der Waals surface area contributed by atoms with Gasteiger partial charge in [0.05, 0.1) is 5.97 Å². The van der Waals surface area contributed by atoms with Crippen molar-refractivity contribution in [2.45, 2.75) is 0 Å². The highest BCUT2D eigenvalue weighted by atomic mass is 79.9. The monoisotopic (exact) mass is 463 g/mol. The number of carboxylic acids is 1. The van der Waals surface area contributed by atoms with Gasteiger partial charge in [-0.1, -0.05) is 58.4 Å². The summed E-state index contributed by atoms with van der Waals surface area (Å²) in [5.41, 5.74) is 1.51. The molecule has 0 aromatic heterocycles. The molecule has 0 bridgehead atoms. The predicted octanol–water partition coefficient (Wildman–Crippen LogP) is 3.22. The van der Waals surface area contributed by atoms with Crippen molar-refractivity contribution in [3.63, 3.8) is 0 Å². The molecule has 7 heteroatoms. The number of rotatable bonds is 6. The number of anilines is 1. The zero-order chi connectivity index (χ0) is 21.5. The molecule has 0 aliphatic heterocycles. The maximum atomic E-state index is 12.9. The van der Waals surface area contributed by atoms with Crippen LogP contribution in [0.2, 0.25) is 0 Å². The van der Waals surface area contributed by atoms with E-state index in [1.54, 1.807) is 48.5 Å². The average Bonchev–Trinajstić information content (AvgIpc) is 2.74. The van der Waals surface area contributed by atoms with Crippen LogP contribution in [0.5, 0.6) is 0 Å². The van der Waals surface area contributed by atoms with Crippen LogP contribution >= 0.6 is 15.9 Å². The van der Waals surface area contributed by atoms with Gasteiger partial charge in [-0.05, 0) is 53.6 Å². The Morgan fingerprint density at radius 3 is 2.17 bits per heavy atom. The van der Waals surface area contributed by atoms with E-state index in [0.717, 1.165) is 4.47 Å². The van der Waals surface area contributed by atoms with Crippen LogP contribution in [0.25, 0.3) is 6.08 Å². The minimum Gasteiger partial charge on any atom is -0.545 e. The zero-order valence-electron chi connectivity index (χ0n) is 15.6. The van der Waals surface area contributed by atoms with E-state index >= 15 is 0 Å². The number of halogens is 1. The minimum absolute atomic E-state index is 0.00437. The fourth-order valence-electron chi connectivity index (χ4n) is 2.59. The second kappa shape index (κ2) is 9.67. The van der Waals surface area contributed by atoms with Crippen LogP contribution in [0.3, 0.4) is 0 Å². The van der Waals surface area contributed by atoms with Crippen LogP contribution in [0.1, 0.15) is 26.3 Å². The van der Waals surface area contributed by atoms with E-state index in [2.05, 4.69) is 26.6 Å². The number of aromatic carboxylic acids is 1. The van der Waals surface area contributed by atoms with E-state index in [4.69, 9.17) is 0 Å². The highest BCUT2D eigenvalue weighted by molar-refractivity contribution is 9.10. The van der Waals surface area contributed by atoms with Crippen LogP contribution < -0.4 is 15.7 Å². The number of hydrogen-bond donors (Lipinski definition) is 2. The van der Waals surface area contributed by atoms with Crippen LogP contribution in [-0.4, -0.2) is 17.8 Å². The molecule has 0 radical (unpaired) electrons. The van der Waals surface area contributed by atoms with Gasteiger partial charge in [-0.3, -0.25) is 9.59 Å². The van der Waals surface area contributed by atoms with Crippen molar-refractivity contribution < 1.29 is 19.5 Å². The molecule has 3 aromatic rings. The number of carbonyl (C=O) groups is 3. The lowest BCUT2D eigenvalue weighted by Gasteiger charge is -2.12. The highest BCUT2D eigenvalue weighted by Gasteiger charge is 2.15. The molecule has 0 aliphatic rings. The fraction of sp³-hybridized carbons (Fsp3) is 0. The van der Waals surface area contributed by atoms with Gasteiger partial charge in [0.2, 0.25) is 0 Å². The quantitative estimate of drug-likeness (QED) is 0.548. The molecule has 0 aliphatic carbocycles. The molecular weight excluding hydrogens is 448 g/mol. The lowest BCUT2D eigenvalue weighted by atomic mass is 10.1. The van der Waals surface area contributed by atoms with E-state index < -0.39 is 17.8 Å². The Morgan fingerprint density at radius 2 is 1.53 bits per heavy atom. The summed E-state index contributed by atoms with van der Waals surface area (Å²) in [7, 11) is 0. The van der Waals surface area contributed by atoms with Crippen molar-refractivity contribution in [1.82, 2.24) is 5.32 Å².